The fourth-order valence-electron chi connectivity index (χ4n) is 2.12. The topological polar surface area (TPSA) is 57.6 Å². The molecule has 0 spiro atoms. The molecular formula is C10H11F6NO3. The molecule has 0 aromatic heterocycles. The van der Waals surface area contributed by atoms with Gasteiger partial charge >= 0.3 is 18.3 Å². The number of carboxylic acid groups (broad SMARTS) is 1. The number of carbonyl (C=O) groups excluding carboxylic acids is 1. The maximum absolute atomic E-state index is 12.4. The second-order valence-electron chi connectivity index (χ2n) is 4.68. The number of aliphatic carboxylic acids is 1. The number of rotatable bonds is 2. The smallest absolute Gasteiger partial charge is 0.409 e. The first-order chi connectivity index (χ1) is 8.85. The van der Waals surface area contributed by atoms with Crippen molar-refractivity contribution in [2.75, 3.05) is 13.1 Å². The van der Waals surface area contributed by atoms with E-state index in [1.165, 1.54) is 6.92 Å². The van der Waals surface area contributed by atoms with Crippen molar-refractivity contribution in [3.63, 3.8) is 0 Å². The van der Waals surface area contributed by atoms with Gasteiger partial charge in [0.15, 0.2) is 0 Å². The molecule has 1 heterocycles. The molecule has 0 radical (unpaired) electrons. The number of nitrogens with zero attached hydrogens (tertiary/aromatic N) is 1. The maximum Gasteiger partial charge on any atom is 0.409 e. The van der Waals surface area contributed by atoms with Crippen molar-refractivity contribution in [1.29, 1.82) is 0 Å². The Hall–Kier alpha value is -1.48. The number of carboxylic acids is 1. The van der Waals surface area contributed by atoms with Crippen molar-refractivity contribution in [2.45, 2.75) is 19.3 Å². The van der Waals surface area contributed by atoms with Crippen molar-refractivity contribution < 1.29 is 41.0 Å². The van der Waals surface area contributed by atoms with Gasteiger partial charge in [-0.15, -0.1) is 0 Å². The summed E-state index contributed by atoms with van der Waals surface area (Å²) in [5.41, 5.74) is 0. The average Bonchev–Trinajstić information content (AvgIpc) is 2.55. The molecule has 1 rings (SSSR count). The molecule has 1 N–H and O–H groups in total. The third-order valence-electron chi connectivity index (χ3n) is 3.14. The molecule has 0 aliphatic carbocycles. The molecule has 0 unspecified atom stereocenters. The van der Waals surface area contributed by atoms with Crippen LogP contribution in [0.15, 0.2) is 0 Å². The largest absolute Gasteiger partial charge is 0.481 e. The Kier molecular flexibility index (Phi) is 4.25. The van der Waals surface area contributed by atoms with Gasteiger partial charge in [0.2, 0.25) is 11.8 Å². The average molecular weight is 307 g/mol. The lowest BCUT2D eigenvalue weighted by atomic mass is 9.99. The van der Waals surface area contributed by atoms with Gasteiger partial charge in [-0.2, -0.15) is 26.3 Å². The van der Waals surface area contributed by atoms with Gasteiger partial charge in [-0.1, -0.05) is 6.92 Å². The summed E-state index contributed by atoms with van der Waals surface area (Å²) in [4.78, 5) is 22.5. The first-order valence-corrected chi connectivity index (χ1v) is 5.50. The standard InChI is InChI=1S/C10H11F6NO3/c1-4-2-17(3-5(4)8(19)20)7(18)6(9(11,12)13)10(14,15)16/h4-6H,2-3H2,1H3,(H,19,20)/t4-,5-/m1/s1. The molecule has 1 aliphatic heterocycles. The van der Waals surface area contributed by atoms with Crippen LogP contribution < -0.4 is 0 Å². The summed E-state index contributed by atoms with van der Waals surface area (Å²) in [6, 6.07) is 0. The van der Waals surface area contributed by atoms with E-state index in [-0.39, 0.29) is 0 Å². The van der Waals surface area contributed by atoms with Crippen LogP contribution in [0.25, 0.3) is 0 Å². The summed E-state index contributed by atoms with van der Waals surface area (Å²) in [6.45, 7) is 0.249. The van der Waals surface area contributed by atoms with Gasteiger partial charge in [-0.3, -0.25) is 9.59 Å². The van der Waals surface area contributed by atoms with Crippen LogP contribution in [0, 0.1) is 17.8 Å². The Bertz CT molecular complexity index is 391. The number of carbonyl (C=O) groups is 2. The summed E-state index contributed by atoms with van der Waals surface area (Å²) < 4.78 is 74.3. The lowest BCUT2D eigenvalue weighted by molar-refractivity contribution is -0.277. The van der Waals surface area contributed by atoms with Crippen LogP contribution in [-0.4, -0.2) is 47.3 Å². The van der Waals surface area contributed by atoms with Gasteiger partial charge in [0.1, 0.15) is 0 Å². The molecule has 0 bridgehead atoms. The van der Waals surface area contributed by atoms with Gasteiger partial charge in [0.25, 0.3) is 0 Å². The highest BCUT2D eigenvalue weighted by Gasteiger charge is 2.62. The lowest BCUT2D eigenvalue weighted by Crippen LogP contribution is -2.49. The molecule has 20 heavy (non-hydrogen) atoms. The van der Waals surface area contributed by atoms with Crippen LogP contribution in [-0.2, 0) is 9.59 Å². The van der Waals surface area contributed by atoms with Crippen LogP contribution in [0.5, 0.6) is 0 Å². The number of amides is 1. The van der Waals surface area contributed by atoms with Gasteiger partial charge < -0.3 is 10.0 Å². The quantitative estimate of drug-likeness (QED) is 0.793. The third kappa shape index (κ3) is 3.34. The second-order valence-corrected chi connectivity index (χ2v) is 4.68. The highest BCUT2D eigenvalue weighted by molar-refractivity contribution is 5.82. The number of likely N-dealkylation sites (tertiary alicyclic amines) is 1. The summed E-state index contributed by atoms with van der Waals surface area (Å²) in [5.74, 6) is -9.50. The fraction of sp³-hybridized carbons (Fsp3) is 0.800. The molecule has 2 atom stereocenters. The highest BCUT2D eigenvalue weighted by Crippen LogP contribution is 2.41. The van der Waals surface area contributed by atoms with E-state index in [1.54, 1.807) is 0 Å². The Labute approximate surface area is 109 Å². The highest BCUT2D eigenvalue weighted by atomic mass is 19.4. The summed E-state index contributed by atoms with van der Waals surface area (Å²) in [7, 11) is 0. The van der Waals surface area contributed by atoms with Crippen LogP contribution in [0.3, 0.4) is 0 Å². The molecule has 10 heteroatoms. The van der Waals surface area contributed by atoms with E-state index < -0.39 is 55.1 Å². The summed E-state index contributed by atoms with van der Waals surface area (Å²) in [5, 5.41) is 8.76. The number of alkyl halides is 6. The molecule has 1 aliphatic rings. The van der Waals surface area contributed by atoms with E-state index in [0.717, 1.165) is 0 Å². The second kappa shape index (κ2) is 5.13. The minimum Gasteiger partial charge on any atom is -0.481 e. The van der Waals surface area contributed by atoms with Crippen molar-refractivity contribution in [2.24, 2.45) is 17.8 Å². The summed E-state index contributed by atoms with van der Waals surface area (Å²) in [6.07, 6.45) is -11.5. The van der Waals surface area contributed by atoms with E-state index in [0.29, 0.717) is 4.90 Å². The zero-order valence-corrected chi connectivity index (χ0v) is 10.1. The van der Waals surface area contributed by atoms with Crippen molar-refractivity contribution >= 4 is 11.9 Å². The van der Waals surface area contributed by atoms with E-state index in [1.807, 2.05) is 0 Å². The van der Waals surface area contributed by atoms with E-state index in [4.69, 9.17) is 5.11 Å². The normalized spacial score (nSPS) is 24.3. The molecule has 1 amide bonds. The third-order valence-corrected chi connectivity index (χ3v) is 3.14. The Balaban J connectivity index is 2.96. The van der Waals surface area contributed by atoms with Crippen LogP contribution in [0.1, 0.15) is 6.92 Å². The molecule has 4 nitrogen and oxygen atoms in total. The van der Waals surface area contributed by atoms with Crippen molar-refractivity contribution in [3.8, 4) is 0 Å². The van der Waals surface area contributed by atoms with Gasteiger partial charge in [-0.25, -0.2) is 0 Å². The zero-order chi connectivity index (χ0) is 15.9. The van der Waals surface area contributed by atoms with Gasteiger partial charge in [-0.05, 0) is 5.92 Å². The zero-order valence-electron chi connectivity index (χ0n) is 10.1. The van der Waals surface area contributed by atoms with Crippen molar-refractivity contribution in [3.05, 3.63) is 0 Å². The molecular weight excluding hydrogens is 296 g/mol. The predicted molar refractivity (Wildman–Crippen MR) is 52.5 cm³/mol. The molecule has 0 saturated carbocycles. The monoisotopic (exact) mass is 307 g/mol. The lowest BCUT2D eigenvalue weighted by Gasteiger charge is -2.26. The minimum atomic E-state index is -5.76. The Morgan fingerprint density at radius 3 is 1.85 bits per heavy atom. The van der Waals surface area contributed by atoms with E-state index in [2.05, 4.69) is 0 Å². The van der Waals surface area contributed by atoms with Gasteiger partial charge in [0.05, 0.1) is 5.92 Å². The van der Waals surface area contributed by atoms with Crippen LogP contribution >= 0.6 is 0 Å². The summed E-state index contributed by atoms with van der Waals surface area (Å²) >= 11 is 0. The molecule has 0 aromatic carbocycles. The fourth-order valence-corrected chi connectivity index (χ4v) is 2.12. The Morgan fingerprint density at radius 2 is 1.55 bits per heavy atom. The van der Waals surface area contributed by atoms with Gasteiger partial charge in [0, 0.05) is 13.1 Å². The van der Waals surface area contributed by atoms with E-state index in [9.17, 15) is 35.9 Å². The molecule has 116 valence electrons. The van der Waals surface area contributed by atoms with Crippen molar-refractivity contribution in [1.82, 2.24) is 4.90 Å². The predicted octanol–water partition coefficient (Wildman–Crippen LogP) is 1.91. The minimum absolute atomic E-state index is 0.315. The molecule has 1 fully saturated rings. The Morgan fingerprint density at radius 1 is 1.10 bits per heavy atom. The number of hydrogen-bond acceptors (Lipinski definition) is 2. The number of hydrogen-bond donors (Lipinski definition) is 1. The SMILES string of the molecule is C[C@@H]1CN(C(=O)C(C(F)(F)F)C(F)(F)F)C[C@H]1C(=O)O. The van der Waals surface area contributed by atoms with Crippen LogP contribution in [0.2, 0.25) is 0 Å². The number of halogens is 6. The first kappa shape index (κ1) is 16.6. The van der Waals surface area contributed by atoms with E-state index >= 15 is 0 Å². The van der Waals surface area contributed by atoms with Crippen LogP contribution in [0.4, 0.5) is 26.3 Å². The maximum atomic E-state index is 12.4. The molecule has 1 saturated heterocycles. The molecule has 0 aromatic rings. The first-order valence-electron chi connectivity index (χ1n) is 5.50.